The van der Waals surface area contributed by atoms with E-state index in [2.05, 4.69) is 29.0 Å². The standard InChI is InChI=1S/C12H24N2S/c1-14(12-5-9-15-10-12)8-4-11-2-6-13-7-3-11/h11-13H,2-10H2,1H3. The van der Waals surface area contributed by atoms with Gasteiger partial charge in [0.2, 0.25) is 0 Å². The number of rotatable bonds is 4. The first-order valence-corrected chi connectivity index (χ1v) is 7.50. The lowest BCUT2D eigenvalue weighted by atomic mass is 9.94. The lowest BCUT2D eigenvalue weighted by molar-refractivity contribution is 0.227. The molecule has 0 saturated carbocycles. The lowest BCUT2D eigenvalue weighted by Crippen LogP contribution is -2.35. The number of nitrogens with zero attached hydrogens (tertiary/aromatic N) is 1. The third-order valence-electron chi connectivity index (χ3n) is 3.88. The van der Waals surface area contributed by atoms with Crippen LogP contribution in [0.5, 0.6) is 0 Å². The first-order chi connectivity index (χ1) is 7.36. The predicted octanol–water partition coefficient (Wildman–Crippen LogP) is 1.81. The van der Waals surface area contributed by atoms with E-state index >= 15 is 0 Å². The molecule has 0 aromatic heterocycles. The highest BCUT2D eigenvalue weighted by atomic mass is 32.2. The normalized spacial score (nSPS) is 28.8. The molecule has 0 spiro atoms. The van der Waals surface area contributed by atoms with Crippen molar-refractivity contribution in [3.63, 3.8) is 0 Å². The van der Waals surface area contributed by atoms with Crippen LogP contribution in [0.1, 0.15) is 25.7 Å². The van der Waals surface area contributed by atoms with E-state index in [4.69, 9.17) is 0 Å². The highest BCUT2D eigenvalue weighted by Gasteiger charge is 2.21. The summed E-state index contributed by atoms with van der Waals surface area (Å²) in [7, 11) is 2.32. The number of hydrogen-bond donors (Lipinski definition) is 1. The quantitative estimate of drug-likeness (QED) is 0.790. The van der Waals surface area contributed by atoms with Gasteiger partial charge in [0.05, 0.1) is 0 Å². The average Bonchev–Trinajstić information content (AvgIpc) is 2.81. The van der Waals surface area contributed by atoms with Crippen LogP contribution in [0.25, 0.3) is 0 Å². The molecule has 88 valence electrons. The highest BCUT2D eigenvalue weighted by molar-refractivity contribution is 7.99. The molecule has 0 radical (unpaired) electrons. The molecule has 2 rings (SSSR count). The molecule has 0 bridgehead atoms. The third kappa shape index (κ3) is 3.65. The summed E-state index contributed by atoms with van der Waals surface area (Å²) in [5.41, 5.74) is 0. The van der Waals surface area contributed by atoms with E-state index in [0.717, 1.165) is 12.0 Å². The fourth-order valence-electron chi connectivity index (χ4n) is 2.61. The maximum absolute atomic E-state index is 3.44. The average molecular weight is 228 g/mol. The van der Waals surface area contributed by atoms with E-state index in [0.29, 0.717) is 0 Å². The van der Waals surface area contributed by atoms with Gasteiger partial charge in [-0.15, -0.1) is 0 Å². The largest absolute Gasteiger partial charge is 0.317 e. The Morgan fingerprint density at radius 3 is 2.73 bits per heavy atom. The molecule has 1 N–H and O–H groups in total. The van der Waals surface area contributed by atoms with Gasteiger partial charge in [0.25, 0.3) is 0 Å². The number of piperidine rings is 1. The van der Waals surface area contributed by atoms with Crippen molar-refractivity contribution in [3.05, 3.63) is 0 Å². The summed E-state index contributed by atoms with van der Waals surface area (Å²) < 4.78 is 0. The van der Waals surface area contributed by atoms with Gasteiger partial charge in [-0.1, -0.05) is 0 Å². The molecule has 1 atom stereocenters. The summed E-state index contributed by atoms with van der Waals surface area (Å²) in [5.74, 6) is 3.73. The molecule has 0 aromatic rings. The first kappa shape index (κ1) is 11.7. The molecule has 2 fully saturated rings. The van der Waals surface area contributed by atoms with Crippen molar-refractivity contribution in [1.29, 1.82) is 0 Å². The van der Waals surface area contributed by atoms with E-state index in [1.807, 2.05) is 0 Å². The Morgan fingerprint density at radius 2 is 2.07 bits per heavy atom. The Morgan fingerprint density at radius 1 is 1.27 bits per heavy atom. The molecular formula is C12H24N2S. The molecule has 2 aliphatic rings. The van der Waals surface area contributed by atoms with Gasteiger partial charge in [0.15, 0.2) is 0 Å². The number of thioether (sulfide) groups is 1. The van der Waals surface area contributed by atoms with Crippen molar-refractivity contribution in [1.82, 2.24) is 10.2 Å². The minimum atomic E-state index is 0.872. The maximum atomic E-state index is 3.44. The number of nitrogens with one attached hydrogen (secondary N) is 1. The maximum Gasteiger partial charge on any atom is 0.0191 e. The van der Waals surface area contributed by atoms with Gasteiger partial charge in [-0.05, 0) is 64.0 Å². The summed E-state index contributed by atoms with van der Waals surface area (Å²) in [4.78, 5) is 2.60. The van der Waals surface area contributed by atoms with Crippen molar-refractivity contribution in [2.45, 2.75) is 31.7 Å². The van der Waals surface area contributed by atoms with E-state index in [1.54, 1.807) is 0 Å². The molecule has 15 heavy (non-hydrogen) atoms. The number of hydrogen-bond acceptors (Lipinski definition) is 3. The van der Waals surface area contributed by atoms with Crippen LogP contribution in [0.4, 0.5) is 0 Å². The van der Waals surface area contributed by atoms with Crippen LogP contribution in [0.15, 0.2) is 0 Å². The molecule has 3 heteroatoms. The predicted molar refractivity (Wildman–Crippen MR) is 68.6 cm³/mol. The van der Waals surface area contributed by atoms with Crippen LogP contribution in [0.2, 0.25) is 0 Å². The summed E-state index contributed by atoms with van der Waals surface area (Å²) in [5, 5.41) is 3.44. The second-order valence-electron chi connectivity index (χ2n) is 4.98. The Kier molecular flexibility index (Phi) is 4.79. The third-order valence-corrected chi connectivity index (χ3v) is 5.02. The molecule has 0 aromatic carbocycles. The van der Waals surface area contributed by atoms with Crippen LogP contribution in [0.3, 0.4) is 0 Å². The molecule has 0 aliphatic carbocycles. The van der Waals surface area contributed by atoms with Gasteiger partial charge in [-0.3, -0.25) is 0 Å². The van der Waals surface area contributed by atoms with Crippen molar-refractivity contribution < 1.29 is 0 Å². The van der Waals surface area contributed by atoms with Crippen molar-refractivity contribution >= 4 is 11.8 Å². The summed E-state index contributed by atoms with van der Waals surface area (Å²) in [6, 6.07) is 0.872. The van der Waals surface area contributed by atoms with Crippen LogP contribution in [-0.4, -0.2) is 49.1 Å². The van der Waals surface area contributed by atoms with Crippen LogP contribution < -0.4 is 5.32 Å². The van der Waals surface area contributed by atoms with Gasteiger partial charge in [0, 0.05) is 11.8 Å². The van der Waals surface area contributed by atoms with Crippen molar-refractivity contribution in [2.75, 3.05) is 38.2 Å². The van der Waals surface area contributed by atoms with Gasteiger partial charge in [-0.25, -0.2) is 0 Å². The minimum absolute atomic E-state index is 0.872. The first-order valence-electron chi connectivity index (χ1n) is 6.35. The van der Waals surface area contributed by atoms with Crippen molar-refractivity contribution in [3.8, 4) is 0 Å². The zero-order valence-electron chi connectivity index (χ0n) is 9.87. The summed E-state index contributed by atoms with van der Waals surface area (Å²) >= 11 is 2.12. The second kappa shape index (κ2) is 6.12. The van der Waals surface area contributed by atoms with Crippen molar-refractivity contribution in [2.24, 2.45) is 5.92 Å². The van der Waals surface area contributed by atoms with E-state index in [-0.39, 0.29) is 0 Å². The van der Waals surface area contributed by atoms with Crippen LogP contribution >= 0.6 is 11.8 Å². The molecule has 2 saturated heterocycles. The van der Waals surface area contributed by atoms with E-state index < -0.39 is 0 Å². The smallest absolute Gasteiger partial charge is 0.0191 e. The Balaban J connectivity index is 1.63. The highest BCUT2D eigenvalue weighted by Crippen LogP contribution is 2.23. The zero-order chi connectivity index (χ0) is 10.5. The van der Waals surface area contributed by atoms with Gasteiger partial charge < -0.3 is 10.2 Å². The van der Waals surface area contributed by atoms with E-state index in [1.165, 1.54) is 56.8 Å². The van der Waals surface area contributed by atoms with Crippen LogP contribution in [-0.2, 0) is 0 Å². The Hall–Kier alpha value is 0.270. The van der Waals surface area contributed by atoms with Gasteiger partial charge in [0.1, 0.15) is 0 Å². The summed E-state index contributed by atoms with van der Waals surface area (Å²) in [6.45, 7) is 3.80. The minimum Gasteiger partial charge on any atom is -0.317 e. The second-order valence-corrected chi connectivity index (χ2v) is 6.13. The topological polar surface area (TPSA) is 15.3 Å². The monoisotopic (exact) mass is 228 g/mol. The lowest BCUT2D eigenvalue weighted by Gasteiger charge is -2.28. The fraction of sp³-hybridized carbons (Fsp3) is 1.00. The van der Waals surface area contributed by atoms with Gasteiger partial charge >= 0.3 is 0 Å². The summed E-state index contributed by atoms with van der Waals surface area (Å²) in [6.07, 6.45) is 5.62. The zero-order valence-corrected chi connectivity index (χ0v) is 10.7. The van der Waals surface area contributed by atoms with Gasteiger partial charge in [-0.2, -0.15) is 11.8 Å². The Bertz CT molecular complexity index is 174. The SMILES string of the molecule is CN(CCC1CCNCC1)C1CCSC1. The molecule has 2 aliphatic heterocycles. The van der Waals surface area contributed by atoms with E-state index in [9.17, 15) is 0 Å². The molecule has 2 nitrogen and oxygen atoms in total. The van der Waals surface area contributed by atoms with Crippen LogP contribution in [0, 0.1) is 5.92 Å². The Labute approximate surface area is 98.2 Å². The molecule has 2 heterocycles. The molecular weight excluding hydrogens is 204 g/mol. The molecule has 0 amide bonds. The fourth-order valence-corrected chi connectivity index (χ4v) is 3.91. The molecule has 1 unspecified atom stereocenters.